The molecule has 0 radical (unpaired) electrons. The molecule has 6 heteroatoms. The number of ether oxygens (including phenoxy) is 1. The standard InChI is InChI=1S/C16H14F2N2O2/c17-16(18)22-14-6-2-1-5-13(14)7-8-15(21)20-11-12-4-3-9-19-10-12/h1-10,16H,11H2,(H,20,21)/b8-7+. The highest BCUT2D eigenvalue weighted by atomic mass is 19.3. The first-order valence-electron chi connectivity index (χ1n) is 6.54. The Morgan fingerprint density at radius 2 is 2.09 bits per heavy atom. The molecule has 0 aliphatic heterocycles. The van der Waals surface area contributed by atoms with E-state index < -0.39 is 6.61 Å². The number of pyridine rings is 1. The largest absolute Gasteiger partial charge is 0.434 e. The van der Waals surface area contributed by atoms with Crippen molar-refractivity contribution >= 4 is 12.0 Å². The zero-order chi connectivity index (χ0) is 15.8. The third-order valence-electron chi connectivity index (χ3n) is 2.74. The second-order valence-corrected chi connectivity index (χ2v) is 4.33. The van der Waals surface area contributed by atoms with Crippen molar-refractivity contribution < 1.29 is 18.3 Å². The number of aromatic nitrogens is 1. The molecule has 0 spiro atoms. The molecule has 0 atom stereocenters. The van der Waals surface area contributed by atoms with E-state index in [-0.39, 0.29) is 11.7 Å². The molecular formula is C16H14F2N2O2. The van der Waals surface area contributed by atoms with E-state index in [4.69, 9.17) is 0 Å². The molecule has 0 aliphatic rings. The zero-order valence-electron chi connectivity index (χ0n) is 11.6. The second kappa shape index (κ2) is 7.87. The second-order valence-electron chi connectivity index (χ2n) is 4.33. The summed E-state index contributed by atoms with van der Waals surface area (Å²) >= 11 is 0. The van der Waals surface area contributed by atoms with Crippen molar-refractivity contribution in [3.63, 3.8) is 0 Å². The number of carbonyl (C=O) groups excluding carboxylic acids is 1. The van der Waals surface area contributed by atoms with Gasteiger partial charge in [-0.05, 0) is 23.8 Å². The Morgan fingerprint density at radius 1 is 1.27 bits per heavy atom. The Labute approximate surface area is 126 Å². The van der Waals surface area contributed by atoms with E-state index in [0.717, 1.165) is 5.56 Å². The van der Waals surface area contributed by atoms with E-state index in [9.17, 15) is 13.6 Å². The molecule has 0 bridgehead atoms. The molecule has 2 rings (SSSR count). The lowest BCUT2D eigenvalue weighted by Gasteiger charge is -2.07. The van der Waals surface area contributed by atoms with Crippen molar-refractivity contribution in [2.75, 3.05) is 0 Å². The monoisotopic (exact) mass is 304 g/mol. The maximum Gasteiger partial charge on any atom is 0.387 e. The number of benzene rings is 1. The average Bonchev–Trinajstić information content (AvgIpc) is 2.52. The van der Waals surface area contributed by atoms with Gasteiger partial charge in [0, 0.05) is 30.6 Å². The molecule has 0 unspecified atom stereocenters. The normalized spacial score (nSPS) is 10.9. The topological polar surface area (TPSA) is 51.2 Å². The van der Waals surface area contributed by atoms with Crippen LogP contribution in [0.4, 0.5) is 8.78 Å². The summed E-state index contributed by atoms with van der Waals surface area (Å²) in [5, 5.41) is 2.67. The quantitative estimate of drug-likeness (QED) is 0.835. The Balaban J connectivity index is 1.95. The van der Waals surface area contributed by atoms with E-state index in [2.05, 4.69) is 15.0 Å². The van der Waals surface area contributed by atoms with E-state index >= 15 is 0 Å². The van der Waals surface area contributed by atoms with Gasteiger partial charge in [-0.3, -0.25) is 9.78 Å². The zero-order valence-corrected chi connectivity index (χ0v) is 11.6. The molecule has 114 valence electrons. The highest BCUT2D eigenvalue weighted by Gasteiger charge is 2.07. The number of halogens is 2. The Morgan fingerprint density at radius 3 is 2.82 bits per heavy atom. The fourth-order valence-electron chi connectivity index (χ4n) is 1.74. The number of nitrogens with zero attached hydrogens (tertiary/aromatic N) is 1. The third-order valence-corrected chi connectivity index (χ3v) is 2.74. The van der Waals surface area contributed by atoms with Gasteiger partial charge in [-0.25, -0.2) is 0 Å². The highest BCUT2D eigenvalue weighted by Crippen LogP contribution is 2.21. The smallest absolute Gasteiger partial charge is 0.387 e. The average molecular weight is 304 g/mol. The lowest BCUT2D eigenvalue weighted by atomic mass is 10.2. The van der Waals surface area contributed by atoms with E-state index in [1.54, 1.807) is 36.7 Å². The minimum absolute atomic E-state index is 0.0220. The number of hydrogen-bond donors (Lipinski definition) is 1. The van der Waals surface area contributed by atoms with Crippen LogP contribution in [0.3, 0.4) is 0 Å². The van der Waals surface area contributed by atoms with Crippen LogP contribution in [-0.2, 0) is 11.3 Å². The summed E-state index contributed by atoms with van der Waals surface area (Å²) in [4.78, 5) is 15.7. The SMILES string of the molecule is O=C(/C=C/c1ccccc1OC(F)F)NCc1cccnc1. The maximum atomic E-state index is 12.3. The Hall–Kier alpha value is -2.76. The van der Waals surface area contributed by atoms with Crippen LogP contribution < -0.4 is 10.1 Å². The predicted molar refractivity (Wildman–Crippen MR) is 78.2 cm³/mol. The molecule has 2 aromatic rings. The van der Waals surface area contributed by atoms with Crippen molar-refractivity contribution in [3.8, 4) is 5.75 Å². The fraction of sp³-hybridized carbons (Fsp3) is 0.125. The van der Waals surface area contributed by atoms with Crippen LogP contribution in [0.5, 0.6) is 5.75 Å². The minimum atomic E-state index is -2.91. The predicted octanol–water partition coefficient (Wildman–Crippen LogP) is 3.01. The van der Waals surface area contributed by atoms with Gasteiger partial charge >= 0.3 is 6.61 Å². The van der Waals surface area contributed by atoms with Gasteiger partial charge in [0.2, 0.25) is 5.91 Å². The summed E-state index contributed by atoms with van der Waals surface area (Å²) in [5.74, 6) is -0.315. The van der Waals surface area contributed by atoms with Crippen LogP contribution in [0, 0.1) is 0 Å². The number of nitrogens with one attached hydrogen (secondary N) is 1. The first kappa shape index (κ1) is 15.6. The first-order valence-corrected chi connectivity index (χ1v) is 6.54. The summed E-state index contributed by atoms with van der Waals surface area (Å²) < 4.78 is 28.9. The van der Waals surface area contributed by atoms with Gasteiger partial charge < -0.3 is 10.1 Å². The first-order chi connectivity index (χ1) is 10.6. The van der Waals surface area contributed by atoms with Crippen LogP contribution in [0.15, 0.2) is 54.9 Å². The summed E-state index contributed by atoms with van der Waals surface area (Å²) in [5.41, 5.74) is 1.27. The summed E-state index contributed by atoms with van der Waals surface area (Å²) in [6, 6.07) is 9.86. The summed E-state index contributed by atoms with van der Waals surface area (Å²) in [6.45, 7) is -2.57. The molecule has 4 nitrogen and oxygen atoms in total. The van der Waals surface area contributed by atoms with E-state index in [1.807, 2.05) is 6.07 Å². The van der Waals surface area contributed by atoms with Gasteiger partial charge in [0.05, 0.1) is 0 Å². The van der Waals surface area contributed by atoms with Crippen LogP contribution in [0.25, 0.3) is 6.08 Å². The Kier molecular flexibility index (Phi) is 5.59. The maximum absolute atomic E-state index is 12.3. The number of alkyl halides is 2. The minimum Gasteiger partial charge on any atom is -0.434 e. The van der Waals surface area contributed by atoms with Crippen LogP contribution >= 0.6 is 0 Å². The number of rotatable bonds is 6. The number of para-hydroxylation sites is 1. The third kappa shape index (κ3) is 4.97. The van der Waals surface area contributed by atoms with Crippen molar-refractivity contribution in [1.29, 1.82) is 0 Å². The van der Waals surface area contributed by atoms with E-state index in [0.29, 0.717) is 12.1 Å². The van der Waals surface area contributed by atoms with Gasteiger partial charge in [-0.2, -0.15) is 8.78 Å². The van der Waals surface area contributed by atoms with Crippen LogP contribution in [-0.4, -0.2) is 17.5 Å². The molecule has 1 N–H and O–H groups in total. The van der Waals surface area contributed by atoms with Gasteiger partial charge in [-0.1, -0.05) is 24.3 Å². The molecule has 0 fully saturated rings. The molecule has 1 aromatic heterocycles. The van der Waals surface area contributed by atoms with Crippen LogP contribution in [0.1, 0.15) is 11.1 Å². The molecular weight excluding hydrogens is 290 g/mol. The number of hydrogen-bond acceptors (Lipinski definition) is 3. The molecule has 1 aromatic carbocycles. The molecule has 22 heavy (non-hydrogen) atoms. The molecule has 1 amide bonds. The van der Waals surface area contributed by atoms with Gasteiger partial charge in [0.25, 0.3) is 0 Å². The van der Waals surface area contributed by atoms with Crippen molar-refractivity contribution in [2.45, 2.75) is 13.2 Å². The fourth-order valence-corrected chi connectivity index (χ4v) is 1.74. The van der Waals surface area contributed by atoms with Gasteiger partial charge in [-0.15, -0.1) is 0 Å². The molecule has 1 heterocycles. The lowest BCUT2D eigenvalue weighted by Crippen LogP contribution is -2.20. The van der Waals surface area contributed by atoms with Gasteiger partial charge in [0.1, 0.15) is 5.75 Å². The van der Waals surface area contributed by atoms with Crippen LogP contribution in [0.2, 0.25) is 0 Å². The molecule has 0 saturated carbocycles. The van der Waals surface area contributed by atoms with Crippen molar-refractivity contribution in [1.82, 2.24) is 10.3 Å². The van der Waals surface area contributed by atoms with Crippen molar-refractivity contribution in [2.24, 2.45) is 0 Å². The van der Waals surface area contributed by atoms with Gasteiger partial charge in [0.15, 0.2) is 0 Å². The lowest BCUT2D eigenvalue weighted by molar-refractivity contribution is -0.116. The number of amides is 1. The molecule has 0 aliphatic carbocycles. The summed E-state index contributed by atoms with van der Waals surface area (Å²) in [7, 11) is 0. The summed E-state index contributed by atoms with van der Waals surface area (Å²) in [6.07, 6.45) is 5.99. The van der Waals surface area contributed by atoms with E-state index in [1.165, 1.54) is 18.2 Å². The highest BCUT2D eigenvalue weighted by molar-refractivity contribution is 5.92. The molecule has 0 saturated heterocycles. The number of carbonyl (C=O) groups is 1. The Bertz CT molecular complexity index is 646. The van der Waals surface area contributed by atoms with Crippen molar-refractivity contribution in [3.05, 3.63) is 66.0 Å².